The zero-order valence-electron chi connectivity index (χ0n) is 7.27. The summed E-state index contributed by atoms with van der Waals surface area (Å²) >= 11 is 0. The Hall–Kier alpha value is -0.0600. The Bertz CT molecular complexity index is 189. The molecule has 0 bridgehead atoms. The van der Waals surface area contributed by atoms with Crippen LogP contribution in [0.2, 0.25) is 0 Å². The van der Waals surface area contributed by atoms with Crippen molar-refractivity contribution in [3.8, 4) is 5.75 Å². The zero-order chi connectivity index (χ0) is 7.40. The van der Waals surface area contributed by atoms with Crippen molar-refractivity contribution in [3.63, 3.8) is 0 Å². The van der Waals surface area contributed by atoms with Crippen LogP contribution in [0.5, 0.6) is 5.75 Å². The van der Waals surface area contributed by atoms with Gasteiger partial charge in [-0.05, 0) is 19.1 Å². The first-order chi connectivity index (χ1) is 4.79. The first kappa shape index (κ1) is 14.5. The van der Waals surface area contributed by atoms with Crippen LogP contribution >= 0.6 is 0 Å². The second-order valence-electron chi connectivity index (χ2n) is 2.03. The summed E-state index contributed by atoms with van der Waals surface area (Å²) in [5.74, 6) is 0.692. The van der Waals surface area contributed by atoms with Gasteiger partial charge in [0.1, 0.15) is 5.75 Å². The van der Waals surface area contributed by atoms with Gasteiger partial charge < -0.3 is 15.3 Å². The summed E-state index contributed by atoms with van der Waals surface area (Å²) < 4.78 is 4.97. The van der Waals surface area contributed by atoms with Gasteiger partial charge in [-0.2, -0.15) is 0 Å². The van der Waals surface area contributed by atoms with E-state index in [1.165, 1.54) is 0 Å². The minimum atomic E-state index is -0.734. The Kier molecular flexibility index (Phi) is 9.14. The normalized spacial score (nSPS) is 10.5. The second-order valence-corrected chi connectivity index (χ2v) is 2.03. The Morgan fingerprint density at radius 3 is 2.17 bits per heavy atom. The van der Waals surface area contributed by atoms with Crippen LogP contribution in [-0.2, 0) is 0 Å². The van der Waals surface area contributed by atoms with Crippen LogP contribution in [0, 0.1) is 0 Å². The van der Waals surface area contributed by atoms with E-state index in [0.29, 0.717) is 5.75 Å². The zero-order valence-corrected chi connectivity index (χ0v) is 9.27. The van der Waals surface area contributed by atoms with Crippen LogP contribution < -0.4 is 34.3 Å². The number of aliphatic hydroxyl groups is 1. The molecular weight excluding hydrogens is 167 g/mol. The third-order valence-corrected chi connectivity index (χ3v) is 1.05. The van der Waals surface area contributed by atoms with Crippen molar-refractivity contribution in [2.45, 2.75) is 13.2 Å². The fraction of sp³-hybridized carbons (Fsp3) is 0.250. The van der Waals surface area contributed by atoms with E-state index in [1.807, 2.05) is 18.2 Å². The number of ether oxygens (including phenoxy) is 1. The summed E-state index contributed by atoms with van der Waals surface area (Å²) in [5, 5.41) is 8.78. The van der Waals surface area contributed by atoms with Crippen molar-refractivity contribution in [3.05, 3.63) is 30.3 Å². The fourth-order valence-electron chi connectivity index (χ4n) is 0.696. The minimum Gasteiger partial charge on any atom is -0.870 e. The van der Waals surface area contributed by atoms with Crippen LogP contribution in [0.4, 0.5) is 0 Å². The summed E-state index contributed by atoms with van der Waals surface area (Å²) in [6.45, 7) is 1.58. The molecule has 1 unspecified atom stereocenters. The molecular formula is C8H11NaO3. The Morgan fingerprint density at radius 1 is 1.25 bits per heavy atom. The van der Waals surface area contributed by atoms with Gasteiger partial charge in [0.05, 0.1) is 0 Å². The van der Waals surface area contributed by atoms with E-state index in [-0.39, 0.29) is 35.0 Å². The number of para-hydroxylation sites is 1. The van der Waals surface area contributed by atoms with Gasteiger partial charge >= 0.3 is 29.6 Å². The molecule has 1 rings (SSSR count). The molecule has 0 aliphatic carbocycles. The molecule has 0 aromatic heterocycles. The standard InChI is InChI=1S/C8H10O2.Na.H2O/c1-7(9)10-8-5-3-2-4-6-8;;/h2-7,9H,1H3;;1H2/q;+1;/p-1. The van der Waals surface area contributed by atoms with Crippen LogP contribution in [0.25, 0.3) is 0 Å². The van der Waals surface area contributed by atoms with Crippen molar-refractivity contribution in [1.82, 2.24) is 0 Å². The molecule has 4 heteroatoms. The molecule has 1 aromatic rings. The molecule has 0 aliphatic heterocycles. The molecule has 0 heterocycles. The Labute approximate surface area is 94.0 Å². The van der Waals surface area contributed by atoms with E-state index >= 15 is 0 Å². The summed E-state index contributed by atoms with van der Waals surface area (Å²) in [4.78, 5) is 0. The summed E-state index contributed by atoms with van der Waals surface area (Å²) in [6.07, 6.45) is -0.734. The van der Waals surface area contributed by atoms with E-state index in [0.717, 1.165) is 0 Å². The predicted molar refractivity (Wildman–Crippen MR) is 40.7 cm³/mol. The van der Waals surface area contributed by atoms with E-state index in [4.69, 9.17) is 9.84 Å². The van der Waals surface area contributed by atoms with Crippen molar-refractivity contribution in [2.24, 2.45) is 0 Å². The SMILES string of the molecule is CC(O)Oc1ccccc1.[Na+].[OH-]. The molecule has 0 amide bonds. The monoisotopic (exact) mass is 178 g/mol. The topological polar surface area (TPSA) is 59.5 Å². The maximum Gasteiger partial charge on any atom is 1.00 e. The number of aliphatic hydroxyl groups excluding tert-OH is 1. The molecule has 0 aliphatic rings. The van der Waals surface area contributed by atoms with Gasteiger partial charge in [-0.3, -0.25) is 0 Å². The van der Waals surface area contributed by atoms with Gasteiger partial charge in [0.15, 0.2) is 6.29 Å². The molecule has 2 N–H and O–H groups in total. The average Bonchev–Trinajstić information content (AvgIpc) is 1.88. The van der Waals surface area contributed by atoms with Gasteiger partial charge in [-0.25, -0.2) is 0 Å². The van der Waals surface area contributed by atoms with Gasteiger partial charge in [-0.15, -0.1) is 0 Å². The van der Waals surface area contributed by atoms with Gasteiger partial charge in [-0.1, -0.05) is 18.2 Å². The molecule has 12 heavy (non-hydrogen) atoms. The minimum absolute atomic E-state index is 0. The summed E-state index contributed by atoms with van der Waals surface area (Å²) in [6, 6.07) is 9.21. The van der Waals surface area contributed by atoms with Crippen molar-refractivity contribution < 1.29 is 44.9 Å². The molecule has 62 valence electrons. The molecule has 1 atom stereocenters. The maximum absolute atomic E-state index is 8.78. The maximum atomic E-state index is 8.78. The first-order valence-electron chi connectivity index (χ1n) is 3.19. The fourth-order valence-corrected chi connectivity index (χ4v) is 0.696. The number of rotatable bonds is 2. The van der Waals surface area contributed by atoms with E-state index in [9.17, 15) is 0 Å². The third-order valence-electron chi connectivity index (χ3n) is 1.05. The van der Waals surface area contributed by atoms with Crippen molar-refractivity contribution >= 4 is 0 Å². The number of benzene rings is 1. The molecule has 0 spiro atoms. The Morgan fingerprint density at radius 2 is 1.75 bits per heavy atom. The largest absolute Gasteiger partial charge is 1.00 e. The van der Waals surface area contributed by atoms with Crippen LogP contribution in [0.1, 0.15) is 6.92 Å². The first-order valence-corrected chi connectivity index (χ1v) is 3.19. The van der Waals surface area contributed by atoms with E-state index < -0.39 is 6.29 Å². The van der Waals surface area contributed by atoms with E-state index in [1.54, 1.807) is 19.1 Å². The molecule has 3 nitrogen and oxygen atoms in total. The van der Waals surface area contributed by atoms with Crippen molar-refractivity contribution in [1.29, 1.82) is 0 Å². The molecule has 0 radical (unpaired) electrons. The van der Waals surface area contributed by atoms with Crippen LogP contribution in [-0.4, -0.2) is 16.9 Å². The summed E-state index contributed by atoms with van der Waals surface area (Å²) in [5.41, 5.74) is 0. The quantitative estimate of drug-likeness (QED) is 0.430. The molecule has 0 saturated carbocycles. The number of hydrogen-bond acceptors (Lipinski definition) is 3. The second kappa shape index (κ2) is 7.58. The van der Waals surface area contributed by atoms with E-state index in [2.05, 4.69) is 0 Å². The molecule has 0 saturated heterocycles. The smallest absolute Gasteiger partial charge is 0.870 e. The summed E-state index contributed by atoms with van der Waals surface area (Å²) in [7, 11) is 0. The van der Waals surface area contributed by atoms with Gasteiger partial charge in [0, 0.05) is 0 Å². The Balaban J connectivity index is 0. The van der Waals surface area contributed by atoms with Crippen LogP contribution in [0.3, 0.4) is 0 Å². The van der Waals surface area contributed by atoms with Gasteiger partial charge in [0.25, 0.3) is 0 Å². The average molecular weight is 178 g/mol. The van der Waals surface area contributed by atoms with Gasteiger partial charge in [0.2, 0.25) is 0 Å². The van der Waals surface area contributed by atoms with Crippen molar-refractivity contribution in [2.75, 3.05) is 0 Å². The number of hydrogen-bond donors (Lipinski definition) is 1. The predicted octanol–water partition coefficient (Wildman–Crippen LogP) is -1.77. The molecule has 1 aromatic carbocycles. The third kappa shape index (κ3) is 5.57. The molecule has 0 fully saturated rings. The van der Waals surface area contributed by atoms with Crippen LogP contribution in [0.15, 0.2) is 30.3 Å².